The highest BCUT2D eigenvalue weighted by atomic mass is 35.5. The Hall–Kier alpha value is -0.730. The van der Waals surface area contributed by atoms with E-state index in [1.165, 1.54) is 11.3 Å². The number of nitrogens with zero attached hydrogens (tertiary/aromatic N) is 1. The summed E-state index contributed by atoms with van der Waals surface area (Å²) in [6.07, 6.45) is 0. The summed E-state index contributed by atoms with van der Waals surface area (Å²) in [7, 11) is 0. The van der Waals surface area contributed by atoms with Crippen molar-refractivity contribution in [2.24, 2.45) is 0 Å². The van der Waals surface area contributed by atoms with Crippen molar-refractivity contribution in [3.63, 3.8) is 0 Å². The molecule has 102 valence electrons. The van der Waals surface area contributed by atoms with Crippen LogP contribution in [0.1, 0.15) is 40.2 Å². The lowest BCUT2D eigenvalue weighted by Crippen LogP contribution is -2.35. The number of anilines is 1. The molecule has 0 bridgehead atoms. The summed E-state index contributed by atoms with van der Waals surface area (Å²) in [6.45, 7) is 13.8. The van der Waals surface area contributed by atoms with Gasteiger partial charge < -0.3 is 10.2 Å². The van der Waals surface area contributed by atoms with Gasteiger partial charge in [0.25, 0.3) is 0 Å². The van der Waals surface area contributed by atoms with E-state index < -0.39 is 0 Å². The van der Waals surface area contributed by atoms with Gasteiger partial charge in [0.05, 0.1) is 0 Å². The molecule has 0 fully saturated rings. The fourth-order valence-corrected chi connectivity index (χ4v) is 2.12. The van der Waals surface area contributed by atoms with E-state index >= 15 is 0 Å². The largest absolute Gasteiger partial charge is 0.372 e. The molecule has 0 aliphatic carbocycles. The first-order valence-electron chi connectivity index (χ1n) is 6.65. The molecular formula is C15H25ClN2. The van der Waals surface area contributed by atoms with Crippen LogP contribution in [0.5, 0.6) is 0 Å². The zero-order valence-corrected chi connectivity index (χ0v) is 12.9. The zero-order chi connectivity index (χ0) is 13.8. The van der Waals surface area contributed by atoms with Gasteiger partial charge in [-0.15, -0.1) is 0 Å². The maximum atomic E-state index is 6.11. The third-order valence-corrected chi connectivity index (χ3v) is 3.19. The minimum absolute atomic E-state index is 0.114. The lowest BCUT2D eigenvalue weighted by Gasteiger charge is -2.27. The highest BCUT2D eigenvalue weighted by molar-refractivity contribution is 6.30. The van der Waals surface area contributed by atoms with Crippen molar-refractivity contribution >= 4 is 17.3 Å². The molecule has 18 heavy (non-hydrogen) atoms. The van der Waals surface area contributed by atoms with Crippen LogP contribution in [0.4, 0.5) is 5.69 Å². The van der Waals surface area contributed by atoms with Crippen molar-refractivity contribution in [1.82, 2.24) is 5.32 Å². The minimum atomic E-state index is 0.114. The molecule has 0 spiro atoms. The summed E-state index contributed by atoms with van der Waals surface area (Å²) in [5.41, 5.74) is 2.66. The van der Waals surface area contributed by atoms with Crippen LogP contribution >= 0.6 is 11.6 Å². The second-order valence-electron chi connectivity index (χ2n) is 5.55. The first-order chi connectivity index (χ1) is 8.37. The molecule has 0 unspecified atom stereocenters. The van der Waals surface area contributed by atoms with Crippen LogP contribution < -0.4 is 10.2 Å². The lowest BCUT2D eigenvalue weighted by atomic mass is 10.1. The third kappa shape index (κ3) is 4.51. The molecule has 3 heteroatoms. The second kappa shape index (κ2) is 6.44. The normalized spacial score (nSPS) is 11.7. The third-order valence-electron chi connectivity index (χ3n) is 2.95. The van der Waals surface area contributed by atoms with Gasteiger partial charge in [-0.2, -0.15) is 0 Å². The maximum absolute atomic E-state index is 6.11. The van der Waals surface area contributed by atoms with Crippen LogP contribution in [0.25, 0.3) is 0 Å². The van der Waals surface area contributed by atoms with Gasteiger partial charge in [-0.25, -0.2) is 0 Å². The molecule has 0 saturated carbocycles. The molecule has 0 aliphatic heterocycles. The van der Waals surface area contributed by atoms with Crippen LogP contribution in [0.2, 0.25) is 5.02 Å². The van der Waals surface area contributed by atoms with E-state index in [1.807, 2.05) is 6.07 Å². The van der Waals surface area contributed by atoms with E-state index in [4.69, 9.17) is 11.6 Å². The Kier molecular flexibility index (Phi) is 5.48. The van der Waals surface area contributed by atoms with Crippen molar-refractivity contribution in [2.45, 2.75) is 46.7 Å². The SMILES string of the molecule is CCN(CC)c1ccc(Cl)cc1CNC(C)(C)C. The first kappa shape index (κ1) is 15.3. The zero-order valence-electron chi connectivity index (χ0n) is 12.2. The van der Waals surface area contributed by atoms with E-state index in [9.17, 15) is 0 Å². The van der Waals surface area contributed by atoms with Crippen LogP contribution in [0, 0.1) is 0 Å². The van der Waals surface area contributed by atoms with Gasteiger partial charge >= 0.3 is 0 Å². The molecule has 0 radical (unpaired) electrons. The Morgan fingerprint density at radius 3 is 2.28 bits per heavy atom. The number of nitrogens with one attached hydrogen (secondary N) is 1. The molecule has 0 atom stereocenters. The highest BCUT2D eigenvalue weighted by Gasteiger charge is 2.13. The number of hydrogen-bond acceptors (Lipinski definition) is 2. The number of benzene rings is 1. The standard InChI is InChI=1S/C15H25ClN2/c1-6-18(7-2)14-9-8-13(16)10-12(14)11-17-15(3,4)5/h8-10,17H,6-7,11H2,1-5H3. The molecule has 0 aromatic heterocycles. The summed E-state index contributed by atoms with van der Waals surface area (Å²) in [4.78, 5) is 2.36. The van der Waals surface area contributed by atoms with E-state index in [0.29, 0.717) is 0 Å². The molecule has 2 nitrogen and oxygen atoms in total. The van der Waals surface area contributed by atoms with Crippen molar-refractivity contribution in [3.05, 3.63) is 28.8 Å². The molecule has 1 aromatic carbocycles. The quantitative estimate of drug-likeness (QED) is 0.866. The summed E-state index contributed by atoms with van der Waals surface area (Å²) >= 11 is 6.11. The summed E-state index contributed by atoms with van der Waals surface area (Å²) in [5, 5.41) is 4.33. The van der Waals surface area contributed by atoms with Crippen molar-refractivity contribution in [3.8, 4) is 0 Å². The van der Waals surface area contributed by atoms with Gasteiger partial charge in [-0.05, 0) is 58.4 Å². The Labute approximate surface area is 116 Å². The van der Waals surface area contributed by atoms with Gasteiger partial charge in [0.2, 0.25) is 0 Å². The minimum Gasteiger partial charge on any atom is -0.372 e. The molecular weight excluding hydrogens is 244 g/mol. The molecule has 0 heterocycles. The molecule has 1 aromatic rings. The van der Waals surface area contributed by atoms with Crippen LogP contribution in [-0.2, 0) is 6.54 Å². The van der Waals surface area contributed by atoms with Gasteiger partial charge in [0.15, 0.2) is 0 Å². The Morgan fingerprint density at radius 1 is 1.17 bits per heavy atom. The number of halogens is 1. The number of rotatable bonds is 5. The van der Waals surface area contributed by atoms with Gasteiger partial charge in [0.1, 0.15) is 0 Å². The van der Waals surface area contributed by atoms with E-state index in [-0.39, 0.29) is 5.54 Å². The average Bonchev–Trinajstić information content (AvgIpc) is 2.29. The van der Waals surface area contributed by atoms with Gasteiger partial charge in [0, 0.05) is 35.9 Å². The first-order valence-corrected chi connectivity index (χ1v) is 7.03. The highest BCUT2D eigenvalue weighted by Crippen LogP contribution is 2.24. The van der Waals surface area contributed by atoms with E-state index in [1.54, 1.807) is 0 Å². The summed E-state index contributed by atoms with van der Waals surface area (Å²) in [5.74, 6) is 0. The Bertz CT molecular complexity index is 379. The van der Waals surface area contributed by atoms with Crippen molar-refractivity contribution in [2.75, 3.05) is 18.0 Å². The van der Waals surface area contributed by atoms with Crippen LogP contribution in [0.3, 0.4) is 0 Å². The van der Waals surface area contributed by atoms with Gasteiger partial charge in [-0.1, -0.05) is 11.6 Å². The predicted molar refractivity (Wildman–Crippen MR) is 81.6 cm³/mol. The fraction of sp³-hybridized carbons (Fsp3) is 0.600. The van der Waals surface area contributed by atoms with E-state index in [2.05, 4.69) is 57.0 Å². The smallest absolute Gasteiger partial charge is 0.0412 e. The monoisotopic (exact) mass is 268 g/mol. The molecule has 0 aliphatic rings. The lowest BCUT2D eigenvalue weighted by molar-refractivity contribution is 0.424. The Balaban J connectivity index is 2.96. The van der Waals surface area contributed by atoms with Gasteiger partial charge in [-0.3, -0.25) is 0 Å². The van der Waals surface area contributed by atoms with Crippen molar-refractivity contribution < 1.29 is 0 Å². The second-order valence-corrected chi connectivity index (χ2v) is 5.99. The summed E-state index contributed by atoms with van der Waals surface area (Å²) < 4.78 is 0. The average molecular weight is 269 g/mol. The van der Waals surface area contributed by atoms with Crippen LogP contribution in [0.15, 0.2) is 18.2 Å². The van der Waals surface area contributed by atoms with Crippen LogP contribution in [-0.4, -0.2) is 18.6 Å². The Morgan fingerprint density at radius 2 is 1.78 bits per heavy atom. The summed E-state index contributed by atoms with van der Waals surface area (Å²) in [6, 6.07) is 6.15. The molecule has 0 amide bonds. The predicted octanol–water partition coefficient (Wildman–Crippen LogP) is 4.07. The maximum Gasteiger partial charge on any atom is 0.0412 e. The molecule has 1 N–H and O–H groups in total. The number of hydrogen-bond donors (Lipinski definition) is 1. The van der Waals surface area contributed by atoms with Crippen molar-refractivity contribution in [1.29, 1.82) is 0 Å². The fourth-order valence-electron chi connectivity index (χ4n) is 1.93. The topological polar surface area (TPSA) is 15.3 Å². The molecule has 1 rings (SSSR count). The van der Waals surface area contributed by atoms with E-state index in [0.717, 1.165) is 24.7 Å². The molecule has 0 saturated heterocycles.